The van der Waals surface area contributed by atoms with Crippen LogP contribution in [0.1, 0.15) is 21.5 Å². The van der Waals surface area contributed by atoms with Crippen molar-refractivity contribution in [2.24, 2.45) is 0 Å². The maximum atomic E-state index is 13.8. The lowest BCUT2D eigenvalue weighted by Gasteiger charge is -2.12. The van der Waals surface area contributed by atoms with E-state index in [0.29, 0.717) is 10.6 Å². The van der Waals surface area contributed by atoms with E-state index in [1.807, 2.05) is 6.07 Å². The van der Waals surface area contributed by atoms with Gasteiger partial charge in [-0.25, -0.2) is 4.39 Å². The third kappa shape index (κ3) is 3.33. The Hall–Kier alpha value is -0.860. The Labute approximate surface area is 120 Å². The highest BCUT2D eigenvalue weighted by atomic mass is 79.9. The van der Waals surface area contributed by atoms with Crippen LogP contribution >= 0.6 is 27.5 Å². The number of alkyl halides is 1. The number of benzene rings is 2. The van der Waals surface area contributed by atoms with Gasteiger partial charge in [0.15, 0.2) is 0 Å². The molecule has 2 rings (SSSR count). The highest BCUT2D eigenvalue weighted by Crippen LogP contribution is 2.30. The molecule has 1 atom stereocenters. The van der Waals surface area contributed by atoms with E-state index >= 15 is 0 Å². The Balaban J connectivity index is 2.19. The normalized spacial score (nSPS) is 12.4. The fraction of sp³-hybridized carbons (Fsp3) is 0.200. The molecule has 0 saturated carbocycles. The van der Waals surface area contributed by atoms with Crippen molar-refractivity contribution in [2.45, 2.75) is 18.2 Å². The number of rotatable bonds is 3. The fourth-order valence-electron chi connectivity index (χ4n) is 1.91. The van der Waals surface area contributed by atoms with E-state index in [1.165, 1.54) is 17.2 Å². The quantitative estimate of drug-likeness (QED) is 0.656. The van der Waals surface area contributed by atoms with Gasteiger partial charge < -0.3 is 0 Å². The van der Waals surface area contributed by atoms with E-state index < -0.39 is 0 Å². The maximum absolute atomic E-state index is 13.8. The van der Waals surface area contributed by atoms with Gasteiger partial charge in [-0.05, 0) is 31.0 Å². The van der Waals surface area contributed by atoms with Crippen LogP contribution in [-0.4, -0.2) is 0 Å². The van der Waals surface area contributed by atoms with E-state index in [-0.39, 0.29) is 10.6 Å². The SMILES string of the molecule is Cc1cccc(CC(Br)c2ccc(Cl)cc2F)c1. The second-order valence-electron chi connectivity index (χ2n) is 4.33. The van der Waals surface area contributed by atoms with Crippen molar-refractivity contribution in [1.29, 1.82) is 0 Å². The summed E-state index contributed by atoms with van der Waals surface area (Å²) in [5, 5.41) is 0.423. The molecule has 0 spiro atoms. The Morgan fingerprint density at radius 1 is 1.22 bits per heavy atom. The zero-order valence-electron chi connectivity index (χ0n) is 9.96. The van der Waals surface area contributed by atoms with Crippen molar-refractivity contribution in [1.82, 2.24) is 0 Å². The molecule has 3 heteroatoms. The molecule has 0 aliphatic rings. The molecular formula is C15H13BrClF. The summed E-state index contributed by atoms with van der Waals surface area (Å²) in [7, 11) is 0. The molecule has 0 amide bonds. The van der Waals surface area contributed by atoms with Gasteiger partial charge in [-0.1, -0.05) is 63.4 Å². The highest BCUT2D eigenvalue weighted by molar-refractivity contribution is 9.09. The summed E-state index contributed by atoms with van der Waals surface area (Å²) in [6.45, 7) is 2.05. The zero-order valence-corrected chi connectivity index (χ0v) is 12.3. The summed E-state index contributed by atoms with van der Waals surface area (Å²) in [5.41, 5.74) is 3.04. The van der Waals surface area contributed by atoms with Crippen LogP contribution < -0.4 is 0 Å². The third-order valence-electron chi connectivity index (χ3n) is 2.80. The van der Waals surface area contributed by atoms with Crippen molar-refractivity contribution in [3.8, 4) is 0 Å². The average molecular weight is 328 g/mol. The van der Waals surface area contributed by atoms with Crippen molar-refractivity contribution < 1.29 is 4.39 Å². The molecule has 2 aromatic carbocycles. The molecule has 0 aliphatic carbocycles. The van der Waals surface area contributed by atoms with Gasteiger partial charge in [0.05, 0.1) is 0 Å². The molecule has 1 unspecified atom stereocenters. The van der Waals surface area contributed by atoms with Crippen LogP contribution in [0.3, 0.4) is 0 Å². The van der Waals surface area contributed by atoms with Crippen molar-refractivity contribution in [2.75, 3.05) is 0 Å². The first-order valence-electron chi connectivity index (χ1n) is 5.71. The van der Waals surface area contributed by atoms with E-state index in [0.717, 1.165) is 6.42 Å². The second kappa shape index (κ2) is 5.85. The standard InChI is InChI=1S/C15H13BrClF/c1-10-3-2-4-11(7-10)8-14(16)13-6-5-12(17)9-15(13)18/h2-7,9,14H,8H2,1H3. The average Bonchev–Trinajstić information content (AvgIpc) is 2.28. The summed E-state index contributed by atoms with van der Waals surface area (Å²) in [6, 6.07) is 13.0. The van der Waals surface area contributed by atoms with Crippen LogP contribution in [0.4, 0.5) is 4.39 Å². The molecular weight excluding hydrogens is 315 g/mol. The predicted octanol–water partition coefficient (Wildman–Crippen LogP) is 5.47. The zero-order chi connectivity index (χ0) is 13.1. The summed E-state index contributed by atoms with van der Waals surface area (Å²) >= 11 is 9.29. The van der Waals surface area contributed by atoms with E-state index in [4.69, 9.17) is 11.6 Å². The second-order valence-corrected chi connectivity index (χ2v) is 5.87. The van der Waals surface area contributed by atoms with Gasteiger partial charge in [0.1, 0.15) is 5.82 Å². The summed E-state index contributed by atoms with van der Waals surface area (Å²) in [5.74, 6) is -0.267. The van der Waals surface area contributed by atoms with Crippen LogP contribution in [0, 0.1) is 12.7 Å². The molecule has 0 heterocycles. The van der Waals surface area contributed by atoms with E-state index in [1.54, 1.807) is 12.1 Å². The molecule has 0 aromatic heterocycles. The van der Waals surface area contributed by atoms with Gasteiger partial charge in [-0.3, -0.25) is 0 Å². The van der Waals surface area contributed by atoms with Gasteiger partial charge in [-0.2, -0.15) is 0 Å². The molecule has 0 aliphatic heterocycles. The first kappa shape index (κ1) is 13.6. The van der Waals surface area contributed by atoms with Crippen molar-refractivity contribution >= 4 is 27.5 Å². The lowest BCUT2D eigenvalue weighted by atomic mass is 10.0. The largest absolute Gasteiger partial charge is 0.207 e. The van der Waals surface area contributed by atoms with Gasteiger partial charge in [0.25, 0.3) is 0 Å². The first-order chi connectivity index (χ1) is 8.56. The van der Waals surface area contributed by atoms with E-state index in [2.05, 4.69) is 41.1 Å². The molecule has 18 heavy (non-hydrogen) atoms. The molecule has 2 aromatic rings. The molecule has 0 radical (unpaired) electrons. The maximum Gasteiger partial charge on any atom is 0.129 e. The summed E-state index contributed by atoms with van der Waals surface area (Å²) < 4.78 is 13.8. The van der Waals surface area contributed by atoms with Gasteiger partial charge in [-0.15, -0.1) is 0 Å². The minimum atomic E-state index is -0.267. The molecule has 0 bridgehead atoms. The van der Waals surface area contributed by atoms with Crippen LogP contribution in [0.15, 0.2) is 42.5 Å². The van der Waals surface area contributed by atoms with Gasteiger partial charge in [0, 0.05) is 15.4 Å². The van der Waals surface area contributed by atoms with Crippen LogP contribution in [0.25, 0.3) is 0 Å². The van der Waals surface area contributed by atoms with Gasteiger partial charge in [0.2, 0.25) is 0 Å². The molecule has 94 valence electrons. The van der Waals surface area contributed by atoms with Crippen LogP contribution in [-0.2, 0) is 6.42 Å². The molecule has 0 saturated heterocycles. The smallest absolute Gasteiger partial charge is 0.129 e. The third-order valence-corrected chi connectivity index (χ3v) is 3.85. The van der Waals surface area contributed by atoms with Crippen molar-refractivity contribution in [3.05, 3.63) is 70.0 Å². The van der Waals surface area contributed by atoms with Crippen LogP contribution in [0.2, 0.25) is 5.02 Å². The summed E-state index contributed by atoms with van der Waals surface area (Å²) in [6.07, 6.45) is 0.750. The minimum absolute atomic E-state index is 0.0448. The molecule has 0 fully saturated rings. The lowest BCUT2D eigenvalue weighted by Crippen LogP contribution is -1.98. The number of hydrogen-bond donors (Lipinski definition) is 0. The summed E-state index contributed by atoms with van der Waals surface area (Å²) in [4.78, 5) is -0.0448. The Bertz CT molecular complexity index is 554. The Morgan fingerprint density at radius 3 is 2.67 bits per heavy atom. The fourth-order valence-corrected chi connectivity index (χ4v) is 2.82. The molecule has 0 N–H and O–H groups in total. The Kier molecular flexibility index (Phi) is 4.41. The monoisotopic (exact) mass is 326 g/mol. The number of aryl methyl sites for hydroxylation is 1. The number of hydrogen-bond acceptors (Lipinski definition) is 0. The first-order valence-corrected chi connectivity index (χ1v) is 7.00. The number of halogens is 3. The lowest BCUT2D eigenvalue weighted by molar-refractivity contribution is 0.608. The predicted molar refractivity (Wildman–Crippen MR) is 78.0 cm³/mol. The highest BCUT2D eigenvalue weighted by Gasteiger charge is 2.13. The van der Waals surface area contributed by atoms with Crippen LogP contribution in [0.5, 0.6) is 0 Å². The topological polar surface area (TPSA) is 0 Å². The minimum Gasteiger partial charge on any atom is -0.207 e. The Morgan fingerprint density at radius 2 is 2.00 bits per heavy atom. The van der Waals surface area contributed by atoms with Gasteiger partial charge >= 0.3 is 0 Å². The van der Waals surface area contributed by atoms with E-state index in [9.17, 15) is 4.39 Å². The van der Waals surface area contributed by atoms with Crippen molar-refractivity contribution in [3.63, 3.8) is 0 Å². The molecule has 0 nitrogen and oxygen atoms in total.